The third kappa shape index (κ3) is 4.05. The quantitative estimate of drug-likeness (QED) is 0.342. The van der Waals surface area contributed by atoms with E-state index in [4.69, 9.17) is 15.9 Å². The van der Waals surface area contributed by atoms with Crippen LogP contribution in [-0.4, -0.2) is 25.7 Å². The third-order valence-electron chi connectivity index (χ3n) is 2.76. The van der Waals surface area contributed by atoms with Gasteiger partial charge in [-0.1, -0.05) is 0 Å². The van der Waals surface area contributed by atoms with E-state index >= 15 is 0 Å². The standard InChI is InChI=1S/C14H18N2O4/c1-4-5-6-7-8-15-11-9-13(19-2)14(20-3)10-12(11)16(17)18/h1,9-10,15H,5-8H2,2-3H3. The lowest BCUT2D eigenvalue weighted by atomic mass is 10.2. The molecule has 1 rings (SSSR count). The number of hydrogen-bond donors (Lipinski definition) is 1. The molecule has 0 aromatic heterocycles. The largest absolute Gasteiger partial charge is 0.493 e. The average molecular weight is 278 g/mol. The molecule has 0 saturated heterocycles. The molecule has 6 nitrogen and oxygen atoms in total. The first-order valence-corrected chi connectivity index (χ1v) is 6.21. The average Bonchev–Trinajstić information content (AvgIpc) is 2.46. The molecule has 1 aromatic rings. The normalized spacial score (nSPS) is 9.65. The van der Waals surface area contributed by atoms with E-state index < -0.39 is 4.92 Å². The minimum atomic E-state index is -0.453. The first-order chi connectivity index (χ1) is 9.63. The number of nitro benzene ring substituents is 1. The van der Waals surface area contributed by atoms with Crippen LogP contribution in [0.3, 0.4) is 0 Å². The highest BCUT2D eigenvalue weighted by molar-refractivity contribution is 5.68. The van der Waals surface area contributed by atoms with Crippen molar-refractivity contribution in [1.29, 1.82) is 0 Å². The van der Waals surface area contributed by atoms with Gasteiger partial charge in [0.1, 0.15) is 5.69 Å². The third-order valence-corrected chi connectivity index (χ3v) is 2.76. The summed E-state index contributed by atoms with van der Waals surface area (Å²) >= 11 is 0. The van der Waals surface area contributed by atoms with Gasteiger partial charge in [-0.15, -0.1) is 12.3 Å². The molecule has 0 amide bonds. The topological polar surface area (TPSA) is 73.6 Å². The number of terminal acetylenes is 1. The summed E-state index contributed by atoms with van der Waals surface area (Å²) in [6.45, 7) is 0.609. The number of nitrogens with zero attached hydrogens (tertiary/aromatic N) is 1. The highest BCUT2D eigenvalue weighted by Gasteiger charge is 2.19. The molecular weight excluding hydrogens is 260 g/mol. The van der Waals surface area contributed by atoms with Gasteiger partial charge in [0, 0.05) is 19.0 Å². The zero-order valence-electron chi connectivity index (χ0n) is 11.6. The van der Waals surface area contributed by atoms with Crippen molar-refractivity contribution >= 4 is 11.4 Å². The van der Waals surface area contributed by atoms with Gasteiger partial charge in [0.15, 0.2) is 11.5 Å². The van der Waals surface area contributed by atoms with Gasteiger partial charge < -0.3 is 14.8 Å². The zero-order valence-corrected chi connectivity index (χ0v) is 11.6. The number of ether oxygens (including phenoxy) is 2. The first-order valence-electron chi connectivity index (χ1n) is 6.21. The molecule has 0 fully saturated rings. The van der Waals surface area contributed by atoms with Gasteiger partial charge in [0.2, 0.25) is 0 Å². The first kappa shape index (κ1) is 15.6. The Morgan fingerprint density at radius 1 is 1.30 bits per heavy atom. The Kier molecular flexibility index (Phi) is 6.17. The molecule has 6 heteroatoms. The highest BCUT2D eigenvalue weighted by Crippen LogP contribution is 2.37. The van der Waals surface area contributed by atoms with Crippen LogP contribution in [0.5, 0.6) is 11.5 Å². The molecule has 0 heterocycles. The maximum Gasteiger partial charge on any atom is 0.296 e. The van der Waals surface area contributed by atoms with Gasteiger partial charge in [-0.05, 0) is 12.8 Å². The zero-order chi connectivity index (χ0) is 15.0. The van der Waals surface area contributed by atoms with Crippen molar-refractivity contribution in [2.24, 2.45) is 0 Å². The van der Waals surface area contributed by atoms with Crippen LogP contribution in [-0.2, 0) is 0 Å². The number of unbranched alkanes of at least 4 members (excludes halogenated alkanes) is 2. The van der Waals surface area contributed by atoms with E-state index in [1.54, 1.807) is 6.07 Å². The summed E-state index contributed by atoms with van der Waals surface area (Å²) in [4.78, 5) is 10.6. The summed E-state index contributed by atoms with van der Waals surface area (Å²) in [6, 6.07) is 2.92. The number of nitrogens with one attached hydrogen (secondary N) is 1. The summed E-state index contributed by atoms with van der Waals surface area (Å²) in [5.74, 6) is 3.34. The van der Waals surface area contributed by atoms with Crippen molar-refractivity contribution in [3.63, 3.8) is 0 Å². The molecule has 0 aliphatic rings. The van der Waals surface area contributed by atoms with Crippen LogP contribution in [0.15, 0.2) is 12.1 Å². The van der Waals surface area contributed by atoms with Crippen molar-refractivity contribution in [2.75, 3.05) is 26.1 Å². The van der Waals surface area contributed by atoms with Crippen LogP contribution >= 0.6 is 0 Å². The lowest BCUT2D eigenvalue weighted by Gasteiger charge is -2.11. The van der Waals surface area contributed by atoms with Crippen LogP contribution in [0.1, 0.15) is 19.3 Å². The summed E-state index contributed by atoms with van der Waals surface area (Å²) < 4.78 is 10.2. The summed E-state index contributed by atoms with van der Waals surface area (Å²) in [6.07, 6.45) is 7.59. The van der Waals surface area contributed by atoms with E-state index in [0.29, 0.717) is 30.2 Å². The number of nitro groups is 1. The maximum atomic E-state index is 11.1. The number of anilines is 1. The van der Waals surface area contributed by atoms with Crippen LogP contribution < -0.4 is 14.8 Å². The molecule has 0 aliphatic heterocycles. The SMILES string of the molecule is C#CCCCCNc1cc(OC)c(OC)cc1[N+](=O)[O-]. The predicted octanol–water partition coefficient (Wildman–Crippen LogP) is 2.83. The second-order valence-corrected chi connectivity index (χ2v) is 4.07. The molecule has 0 aliphatic carbocycles. The van der Waals surface area contributed by atoms with Gasteiger partial charge in [-0.3, -0.25) is 10.1 Å². The van der Waals surface area contributed by atoms with Crippen molar-refractivity contribution in [3.8, 4) is 23.8 Å². The van der Waals surface area contributed by atoms with Crippen LogP contribution in [0.4, 0.5) is 11.4 Å². The lowest BCUT2D eigenvalue weighted by Crippen LogP contribution is -2.05. The van der Waals surface area contributed by atoms with Gasteiger partial charge in [0.25, 0.3) is 5.69 Å². The van der Waals surface area contributed by atoms with E-state index in [9.17, 15) is 10.1 Å². The molecule has 0 saturated carbocycles. The molecule has 1 aromatic carbocycles. The number of hydrogen-bond acceptors (Lipinski definition) is 5. The molecule has 1 N–H and O–H groups in total. The molecule has 0 atom stereocenters. The minimum Gasteiger partial charge on any atom is -0.493 e. The lowest BCUT2D eigenvalue weighted by molar-refractivity contribution is -0.384. The molecule has 108 valence electrons. The van der Waals surface area contributed by atoms with E-state index in [0.717, 1.165) is 12.8 Å². The maximum absolute atomic E-state index is 11.1. The van der Waals surface area contributed by atoms with Crippen LogP contribution in [0.25, 0.3) is 0 Å². The van der Waals surface area contributed by atoms with E-state index in [-0.39, 0.29) is 5.69 Å². The predicted molar refractivity (Wildman–Crippen MR) is 77.4 cm³/mol. The summed E-state index contributed by atoms with van der Waals surface area (Å²) in [5.41, 5.74) is 0.368. The highest BCUT2D eigenvalue weighted by atomic mass is 16.6. The summed E-state index contributed by atoms with van der Waals surface area (Å²) in [5, 5.41) is 14.1. The molecular formula is C14H18N2O4. The summed E-state index contributed by atoms with van der Waals surface area (Å²) in [7, 11) is 2.93. The van der Waals surface area contributed by atoms with Crippen LogP contribution in [0, 0.1) is 22.5 Å². The molecule has 0 unspecified atom stereocenters. The van der Waals surface area contributed by atoms with Crippen molar-refractivity contribution < 1.29 is 14.4 Å². The van der Waals surface area contributed by atoms with Crippen molar-refractivity contribution in [1.82, 2.24) is 0 Å². The van der Waals surface area contributed by atoms with Crippen molar-refractivity contribution in [3.05, 3.63) is 22.2 Å². The smallest absolute Gasteiger partial charge is 0.296 e. The Morgan fingerprint density at radius 2 is 1.95 bits per heavy atom. The molecule has 0 spiro atoms. The van der Waals surface area contributed by atoms with Gasteiger partial charge >= 0.3 is 0 Å². The van der Waals surface area contributed by atoms with E-state index in [1.165, 1.54) is 20.3 Å². The molecule has 20 heavy (non-hydrogen) atoms. The second kappa shape index (κ2) is 7.89. The Balaban J connectivity index is 2.87. The van der Waals surface area contributed by atoms with E-state index in [1.807, 2.05) is 0 Å². The number of rotatable bonds is 8. The molecule has 0 bridgehead atoms. The van der Waals surface area contributed by atoms with E-state index in [2.05, 4.69) is 11.2 Å². The Hall–Kier alpha value is -2.42. The fourth-order valence-corrected chi connectivity index (χ4v) is 1.74. The molecule has 0 radical (unpaired) electrons. The number of methoxy groups -OCH3 is 2. The fourth-order valence-electron chi connectivity index (χ4n) is 1.74. The van der Waals surface area contributed by atoms with Crippen LogP contribution in [0.2, 0.25) is 0 Å². The Bertz CT molecular complexity index is 509. The Morgan fingerprint density at radius 3 is 2.50 bits per heavy atom. The van der Waals surface area contributed by atoms with Crippen molar-refractivity contribution in [2.45, 2.75) is 19.3 Å². The van der Waals surface area contributed by atoms with Gasteiger partial charge in [-0.2, -0.15) is 0 Å². The Labute approximate surface area is 118 Å². The minimum absolute atomic E-state index is 0.0420. The second-order valence-electron chi connectivity index (χ2n) is 4.07. The number of benzene rings is 1. The fraction of sp³-hybridized carbons (Fsp3) is 0.429. The monoisotopic (exact) mass is 278 g/mol. The van der Waals surface area contributed by atoms with Gasteiger partial charge in [0.05, 0.1) is 25.2 Å². The van der Waals surface area contributed by atoms with Gasteiger partial charge in [-0.25, -0.2) is 0 Å².